The Morgan fingerprint density at radius 2 is 1.11 bits per heavy atom. The molecule has 0 unspecified atom stereocenters. The number of ether oxygens (including phenoxy) is 1. The fourth-order valence-corrected chi connectivity index (χ4v) is 9.52. The molecule has 4 rings (SSSR count). The number of rotatable bonds is 7. The third-order valence-electron chi connectivity index (χ3n) is 5.78. The lowest BCUT2D eigenvalue weighted by Gasteiger charge is -2.40. The van der Waals surface area contributed by atoms with Crippen LogP contribution in [-0.4, -0.2) is 15.5 Å². The van der Waals surface area contributed by atoms with Crippen LogP contribution in [0.3, 0.4) is 0 Å². The molecule has 0 saturated heterocycles. The van der Waals surface area contributed by atoms with E-state index in [0.717, 1.165) is 35.4 Å². The molecule has 0 aliphatic rings. The molecule has 4 aromatic rings. The molecule has 0 fully saturated rings. The second-order valence-electron chi connectivity index (χ2n) is 8.32. The Morgan fingerprint density at radius 3 is 1.51 bits per heavy atom. The number of hydrogen-bond acceptors (Lipinski definition) is 4. The first-order chi connectivity index (χ1) is 17.5. The van der Waals surface area contributed by atoms with Gasteiger partial charge in [-0.25, -0.2) is 3.63 Å². The Balaban J connectivity index is 2.00. The van der Waals surface area contributed by atoms with Gasteiger partial charge in [-0.2, -0.15) is 21.6 Å². The van der Waals surface area contributed by atoms with Crippen molar-refractivity contribution >= 4 is 20.4 Å². The van der Waals surface area contributed by atoms with Crippen LogP contribution in [0.5, 0.6) is 5.75 Å². The van der Waals surface area contributed by atoms with E-state index in [-0.39, 0.29) is 4.90 Å². The van der Waals surface area contributed by atoms with E-state index in [1.165, 1.54) is 0 Å². The van der Waals surface area contributed by atoms with Crippen LogP contribution in [0, 0.1) is 13.8 Å². The molecular formula is C28H25F3O4S2. The smallest absolute Gasteiger partial charge is 0.416 e. The molecule has 0 spiro atoms. The van der Waals surface area contributed by atoms with Gasteiger partial charge in [0.25, 0.3) is 0 Å². The van der Waals surface area contributed by atoms with Crippen molar-refractivity contribution < 1.29 is 30.0 Å². The van der Waals surface area contributed by atoms with Crippen molar-refractivity contribution in [2.45, 2.75) is 39.6 Å². The number of halogens is 3. The minimum atomic E-state index is -4.59. The number of alkyl halides is 3. The Labute approximate surface area is 216 Å². The van der Waals surface area contributed by atoms with Gasteiger partial charge in [0.05, 0.1) is 17.6 Å². The molecule has 0 aliphatic carbocycles. The average Bonchev–Trinajstić information content (AvgIpc) is 2.88. The number of methoxy groups -OCH3 is 1. The van der Waals surface area contributed by atoms with Gasteiger partial charge in [-0.1, -0.05) is 36.4 Å². The van der Waals surface area contributed by atoms with E-state index in [1.807, 2.05) is 38.1 Å². The number of hydrogen-bond donors (Lipinski definition) is 0. The normalized spacial score (nSPS) is 12.8. The van der Waals surface area contributed by atoms with Gasteiger partial charge in [0.1, 0.15) is 5.75 Å². The molecule has 9 heteroatoms. The molecule has 0 N–H and O–H groups in total. The summed E-state index contributed by atoms with van der Waals surface area (Å²) in [5.41, 5.74) is 0.631. The maximum Gasteiger partial charge on any atom is 0.416 e. The summed E-state index contributed by atoms with van der Waals surface area (Å²) in [7, 11) is -5.88. The molecule has 194 valence electrons. The zero-order valence-electron chi connectivity index (χ0n) is 20.3. The van der Waals surface area contributed by atoms with E-state index in [0.29, 0.717) is 20.4 Å². The van der Waals surface area contributed by atoms with Crippen LogP contribution >= 0.6 is 10.3 Å². The summed E-state index contributed by atoms with van der Waals surface area (Å²) < 4.78 is 78.5. The van der Waals surface area contributed by atoms with E-state index in [2.05, 4.69) is 0 Å². The predicted octanol–water partition coefficient (Wildman–Crippen LogP) is 7.93. The van der Waals surface area contributed by atoms with E-state index < -0.39 is 32.2 Å². The predicted molar refractivity (Wildman–Crippen MR) is 137 cm³/mol. The molecule has 0 bridgehead atoms. The highest BCUT2D eigenvalue weighted by atomic mass is 32.3. The quantitative estimate of drug-likeness (QED) is 0.236. The van der Waals surface area contributed by atoms with Gasteiger partial charge >= 0.3 is 16.3 Å². The fraction of sp³-hybridized carbons (Fsp3) is 0.143. The summed E-state index contributed by atoms with van der Waals surface area (Å²) in [6, 6.07) is 24.9. The van der Waals surface area contributed by atoms with Crippen molar-refractivity contribution in [2.24, 2.45) is 0 Å². The van der Waals surface area contributed by atoms with Crippen molar-refractivity contribution in [3.63, 3.8) is 0 Å². The Morgan fingerprint density at radius 1 is 0.649 bits per heavy atom. The summed E-state index contributed by atoms with van der Waals surface area (Å²) in [5, 5.41) is 0. The molecule has 0 atom stereocenters. The standard InChI is InChI=1S/C28H25F3O4S2/c1-20-18-26(19-21(2)27(20)34-3)36(23-10-6-4-7-11-23,24-12-8-5-9-13-24)35-37(32,33)25-16-14-22(15-17-25)28(29,30)31/h4-19H,1-3H3. The molecule has 4 nitrogen and oxygen atoms in total. The van der Waals surface area contributed by atoms with Gasteiger partial charge in [0.2, 0.25) is 0 Å². The van der Waals surface area contributed by atoms with E-state index in [9.17, 15) is 21.6 Å². The summed E-state index contributed by atoms with van der Waals surface area (Å²) in [5.74, 6) is 0.670. The van der Waals surface area contributed by atoms with Gasteiger partial charge in [-0.15, -0.1) is 0 Å². The topological polar surface area (TPSA) is 52.6 Å². The second kappa shape index (κ2) is 10.2. The third kappa shape index (κ3) is 5.25. The van der Waals surface area contributed by atoms with Crippen molar-refractivity contribution in [2.75, 3.05) is 7.11 Å². The largest absolute Gasteiger partial charge is 0.496 e. The molecule has 4 aromatic carbocycles. The van der Waals surface area contributed by atoms with Gasteiger partial charge < -0.3 is 4.74 Å². The first kappa shape index (κ1) is 26.8. The van der Waals surface area contributed by atoms with E-state index in [1.54, 1.807) is 55.6 Å². The van der Waals surface area contributed by atoms with Crippen LogP contribution in [0.25, 0.3) is 0 Å². The lowest BCUT2D eigenvalue weighted by atomic mass is 10.1. The monoisotopic (exact) mass is 546 g/mol. The number of aryl methyl sites for hydroxylation is 2. The van der Waals surface area contributed by atoms with Crippen LogP contribution in [0.4, 0.5) is 13.2 Å². The number of benzene rings is 4. The molecule has 0 heterocycles. The highest BCUT2D eigenvalue weighted by molar-refractivity contribution is 8.33. The highest BCUT2D eigenvalue weighted by Gasteiger charge is 2.39. The van der Waals surface area contributed by atoms with Crippen molar-refractivity contribution in [1.82, 2.24) is 0 Å². The summed E-state index contributed by atoms with van der Waals surface area (Å²) in [4.78, 5) is 1.46. The molecule has 0 aromatic heterocycles. The van der Waals surface area contributed by atoms with Gasteiger partial charge in [-0.05, 0) is 95.9 Å². The molecule has 37 heavy (non-hydrogen) atoms. The van der Waals surface area contributed by atoms with Gasteiger partial charge in [-0.3, -0.25) is 0 Å². The molecule has 0 amide bonds. The van der Waals surface area contributed by atoms with Crippen molar-refractivity contribution in [3.05, 3.63) is 114 Å². The Kier molecular flexibility index (Phi) is 7.41. The highest BCUT2D eigenvalue weighted by Crippen LogP contribution is 2.70. The zero-order valence-corrected chi connectivity index (χ0v) is 22.0. The molecular weight excluding hydrogens is 521 g/mol. The Hall–Kier alpha value is -3.27. The average molecular weight is 547 g/mol. The van der Waals surface area contributed by atoms with Crippen LogP contribution in [0.2, 0.25) is 0 Å². The third-order valence-corrected chi connectivity index (χ3v) is 10.9. The molecule has 0 radical (unpaired) electrons. The van der Waals surface area contributed by atoms with E-state index >= 15 is 0 Å². The first-order valence-corrected chi connectivity index (χ1v) is 14.2. The van der Waals surface area contributed by atoms with Crippen LogP contribution < -0.4 is 4.74 Å². The lowest BCUT2D eigenvalue weighted by molar-refractivity contribution is -0.137. The summed E-state index contributed by atoms with van der Waals surface area (Å²) in [6.07, 6.45) is -4.59. The van der Waals surface area contributed by atoms with E-state index in [4.69, 9.17) is 8.37 Å². The lowest BCUT2D eigenvalue weighted by Crippen LogP contribution is -2.15. The maximum atomic E-state index is 13.7. The van der Waals surface area contributed by atoms with Crippen molar-refractivity contribution in [1.29, 1.82) is 0 Å². The minimum Gasteiger partial charge on any atom is -0.496 e. The molecule has 0 aliphatic heterocycles. The van der Waals surface area contributed by atoms with Crippen molar-refractivity contribution in [3.8, 4) is 5.75 Å². The van der Waals surface area contributed by atoms with Crippen LogP contribution in [0.1, 0.15) is 16.7 Å². The minimum absolute atomic E-state index is 0.369. The van der Waals surface area contributed by atoms with Gasteiger partial charge in [0.15, 0.2) is 0 Å². The molecule has 0 saturated carbocycles. The SMILES string of the molecule is COc1c(C)cc(S(OS(=O)(=O)c2ccc(C(F)(F)F)cc2)(c2ccccc2)c2ccccc2)cc1C. The van der Waals surface area contributed by atoms with Gasteiger partial charge in [0, 0.05) is 14.7 Å². The fourth-order valence-electron chi connectivity index (χ4n) is 4.13. The summed E-state index contributed by atoms with van der Waals surface area (Å²) in [6.45, 7) is 3.72. The van der Waals surface area contributed by atoms with Crippen LogP contribution in [-0.2, 0) is 19.9 Å². The first-order valence-electron chi connectivity index (χ1n) is 11.2. The summed E-state index contributed by atoms with van der Waals surface area (Å²) >= 11 is 0. The second-order valence-corrected chi connectivity index (χ2v) is 12.8. The maximum absolute atomic E-state index is 13.7. The Bertz CT molecular complexity index is 1420. The van der Waals surface area contributed by atoms with Crippen LogP contribution in [0.15, 0.2) is 117 Å². The zero-order chi connectivity index (χ0) is 26.8.